The molecule has 0 aliphatic carbocycles. The van der Waals surface area contributed by atoms with Crippen molar-refractivity contribution in [2.75, 3.05) is 40.5 Å². The molecule has 1 saturated heterocycles. The van der Waals surface area contributed by atoms with Crippen molar-refractivity contribution >= 4 is 67.8 Å². The van der Waals surface area contributed by atoms with Crippen LogP contribution in [-0.2, 0) is 9.47 Å². The molecule has 0 radical (unpaired) electrons. The summed E-state index contributed by atoms with van der Waals surface area (Å²) in [4.78, 5) is 2.35. The van der Waals surface area contributed by atoms with Gasteiger partial charge in [-0.1, -0.05) is 22.6 Å². The molecule has 9 heteroatoms. The first kappa shape index (κ1) is 17.9. The van der Waals surface area contributed by atoms with Gasteiger partial charge in [0, 0.05) is 27.3 Å². The van der Waals surface area contributed by atoms with Gasteiger partial charge in [-0.3, -0.25) is 0 Å². The molecule has 0 spiro atoms. The third-order valence-electron chi connectivity index (χ3n) is 2.65. The molecule has 0 bridgehead atoms. The van der Waals surface area contributed by atoms with Crippen molar-refractivity contribution in [1.29, 1.82) is 0 Å². The van der Waals surface area contributed by atoms with Gasteiger partial charge in [0.05, 0.1) is 13.2 Å². The van der Waals surface area contributed by atoms with Gasteiger partial charge in [0.1, 0.15) is 4.05 Å². The van der Waals surface area contributed by atoms with E-state index < -0.39 is 7.72 Å². The highest BCUT2D eigenvalue weighted by Crippen LogP contribution is 2.53. The van der Waals surface area contributed by atoms with Gasteiger partial charge >= 0.3 is 6.17 Å². The summed E-state index contributed by atoms with van der Waals surface area (Å²) in [7, 11) is 3.03. The molecule has 0 N–H and O–H groups in total. The summed E-state index contributed by atoms with van der Waals surface area (Å²) < 4.78 is 37.6. The fourth-order valence-electron chi connectivity index (χ4n) is 1.69. The highest BCUT2D eigenvalue weighted by Gasteiger charge is 2.64. The summed E-state index contributed by atoms with van der Waals surface area (Å²) in [5, 5.41) is 0. The molecule has 1 unspecified atom stereocenters. The lowest BCUT2D eigenvalue weighted by Crippen LogP contribution is -2.50. The lowest BCUT2D eigenvalue weighted by Gasteiger charge is -2.31. The van der Waals surface area contributed by atoms with Crippen LogP contribution in [0.3, 0.4) is 0 Å². The molecular weight excluding hydrogens is 587 g/mol. The smallest absolute Gasteiger partial charge is 0.372 e. The van der Waals surface area contributed by atoms with Gasteiger partial charge in [-0.15, -0.1) is 0 Å². The quantitative estimate of drug-likeness (QED) is 0.266. The Hall–Kier alpha value is 1.89. The van der Waals surface area contributed by atoms with Crippen LogP contribution >= 0.6 is 67.8 Å². The molecule has 1 heterocycles. The van der Waals surface area contributed by atoms with Crippen molar-refractivity contribution in [1.82, 2.24) is 9.80 Å². The molecule has 1 rings (SSSR count). The van der Waals surface area contributed by atoms with Crippen molar-refractivity contribution in [2.24, 2.45) is 0 Å². The zero-order chi connectivity index (χ0) is 14.0. The zero-order valence-corrected chi connectivity index (χ0v) is 16.5. The number of methoxy groups -OCH3 is 2. The standard InChI is InChI=1S/C9H15F2I3N2O2/c1-17-5-3-15-7(12)8(13,14)16(4-6-18-2)9(15,10)11/h7H,3-6H2,1-2H3. The maximum absolute atomic E-state index is 14.4. The third kappa shape index (κ3) is 3.55. The molecule has 0 amide bonds. The Morgan fingerprint density at radius 2 is 1.61 bits per heavy atom. The first-order chi connectivity index (χ1) is 8.30. The Bertz CT molecular complexity index is 285. The Labute approximate surface area is 147 Å². The minimum absolute atomic E-state index is 0.193. The van der Waals surface area contributed by atoms with Gasteiger partial charge in [-0.05, 0) is 45.2 Å². The number of nitrogens with zero attached hydrogens (tertiary/aromatic N) is 2. The Kier molecular flexibility index (Phi) is 7.22. The zero-order valence-electron chi connectivity index (χ0n) is 10.0. The van der Waals surface area contributed by atoms with Crippen molar-refractivity contribution in [3.05, 3.63) is 0 Å². The van der Waals surface area contributed by atoms with E-state index in [2.05, 4.69) is 67.8 Å². The minimum atomic E-state index is -2.98. The predicted octanol–water partition coefficient (Wildman–Crippen LogP) is 2.73. The highest BCUT2D eigenvalue weighted by molar-refractivity contribution is 14.2. The predicted molar refractivity (Wildman–Crippen MR) is 90.7 cm³/mol. The fraction of sp³-hybridized carbons (Fsp3) is 1.00. The number of halogens is 5. The average Bonchev–Trinajstić information content (AvgIpc) is 2.40. The van der Waals surface area contributed by atoms with Crippen molar-refractivity contribution in [3.8, 4) is 0 Å². The summed E-state index contributed by atoms with van der Waals surface area (Å²) in [6.45, 7) is 0.966. The number of alkyl halides is 5. The molecule has 1 atom stereocenters. The molecule has 0 aromatic heterocycles. The van der Waals surface area contributed by atoms with Crippen LogP contribution in [0.1, 0.15) is 0 Å². The molecule has 0 aromatic rings. The first-order valence-corrected chi connectivity index (χ1v) is 8.62. The second-order valence-electron chi connectivity index (χ2n) is 3.76. The van der Waals surface area contributed by atoms with E-state index in [0.29, 0.717) is 0 Å². The molecule has 0 saturated carbocycles. The second kappa shape index (κ2) is 7.24. The lowest BCUT2D eigenvalue weighted by molar-refractivity contribution is -0.216. The van der Waals surface area contributed by atoms with Crippen LogP contribution in [0.15, 0.2) is 0 Å². The molecule has 1 fully saturated rings. The molecule has 0 aromatic carbocycles. The van der Waals surface area contributed by atoms with Crippen molar-refractivity contribution < 1.29 is 18.3 Å². The molecule has 1 aliphatic heterocycles. The number of hydrogen-bond acceptors (Lipinski definition) is 4. The van der Waals surface area contributed by atoms with Crippen molar-refractivity contribution in [3.63, 3.8) is 0 Å². The summed E-state index contributed by atoms with van der Waals surface area (Å²) in [6.07, 6.45) is -2.98. The second-order valence-corrected chi connectivity index (χ2v) is 10.3. The summed E-state index contributed by atoms with van der Waals surface area (Å²) >= 11 is 6.21. The fourth-order valence-corrected chi connectivity index (χ4v) is 4.38. The van der Waals surface area contributed by atoms with Gasteiger partial charge in [0.25, 0.3) is 0 Å². The van der Waals surface area contributed by atoms with Crippen LogP contribution in [0, 0.1) is 0 Å². The van der Waals surface area contributed by atoms with E-state index >= 15 is 0 Å². The van der Waals surface area contributed by atoms with Gasteiger partial charge < -0.3 is 9.47 Å². The van der Waals surface area contributed by atoms with E-state index in [0.717, 1.165) is 0 Å². The van der Waals surface area contributed by atoms with E-state index in [9.17, 15) is 8.78 Å². The van der Waals surface area contributed by atoms with E-state index in [1.54, 1.807) is 0 Å². The SMILES string of the molecule is COCCN1C(I)C(I)(I)N(CCOC)C1(F)F. The van der Waals surface area contributed by atoms with Crippen LogP contribution in [0.2, 0.25) is 0 Å². The van der Waals surface area contributed by atoms with Crippen molar-refractivity contribution in [2.45, 2.75) is 11.8 Å². The monoisotopic (exact) mass is 602 g/mol. The molecule has 18 heavy (non-hydrogen) atoms. The van der Waals surface area contributed by atoms with Gasteiger partial charge in [0.2, 0.25) is 0 Å². The summed E-state index contributed by atoms with van der Waals surface area (Å²) in [5.41, 5.74) is 0. The van der Waals surface area contributed by atoms with Crippen LogP contribution in [0.5, 0.6) is 0 Å². The lowest BCUT2D eigenvalue weighted by atomic mass is 10.5. The maximum atomic E-state index is 14.4. The topological polar surface area (TPSA) is 24.9 Å². The van der Waals surface area contributed by atoms with Gasteiger partial charge in [0.15, 0.2) is 1.55 Å². The molecule has 4 nitrogen and oxygen atoms in total. The largest absolute Gasteiger partial charge is 0.383 e. The maximum Gasteiger partial charge on any atom is 0.372 e. The normalized spacial score (nSPS) is 27.8. The Morgan fingerprint density at radius 1 is 1.11 bits per heavy atom. The number of rotatable bonds is 6. The van der Waals surface area contributed by atoms with Gasteiger partial charge in [-0.25, -0.2) is 9.80 Å². The molecule has 108 valence electrons. The summed E-state index contributed by atoms with van der Waals surface area (Å²) in [5.74, 6) is 0. The van der Waals surface area contributed by atoms with Crippen LogP contribution < -0.4 is 0 Å². The van der Waals surface area contributed by atoms with E-state index in [-0.39, 0.29) is 30.4 Å². The first-order valence-electron chi connectivity index (χ1n) is 5.22. The van der Waals surface area contributed by atoms with Gasteiger partial charge in [-0.2, -0.15) is 8.78 Å². The Balaban J connectivity index is 2.89. The third-order valence-corrected chi connectivity index (χ3v) is 8.95. The average molecular weight is 602 g/mol. The number of ether oxygens (including phenoxy) is 2. The molecular formula is C9H15F2I3N2O2. The van der Waals surface area contributed by atoms with Crippen LogP contribution in [-0.4, -0.2) is 62.1 Å². The molecule has 1 aliphatic rings. The van der Waals surface area contributed by atoms with Crippen LogP contribution in [0.4, 0.5) is 8.78 Å². The highest BCUT2D eigenvalue weighted by atomic mass is 127. The Morgan fingerprint density at radius 3 is 2.11 bits per heavy atom. The minimum Gasteiger partial charge on any atom is -0.383 e. The van der Waals surface area contributed by atoms with E-state index in [1.165, 1.54) is 24.0 Å². The number of hydrogen-bond donors (Lipinski definition) is 0. The summed E-state index contributed by atoms with van der Waals surface area (Å²) in [6, 6.07) is 0. The van der Waals surface area contributed by atoms with E-state index in [1.807, 2.05) is 0 Å². The van der Waals surface area contributed by atoms with Crippen LogP contribution in [0.25, 0.3) is 0 Å². The van der Waals surface area contributed by atoms with E-state index in [4.69, 9.17) is 9.47 Å².